The molecule has 0 amide bonds. The smallest absolute Gasteiger partial charge is 0.221 e. The summed E-state index contributed by atoms with van der Waals surface area (Å²) in [5.74, 6) is 3.84. The molecule has 2 fully saturated rings. The van der Waals surface area contributed by atoms with Gasteiger partial charge in [0.25, 0.3) is 0 Å². The number of aromatic amines is 1. The first-order valence-electron chi connectivity index (χ1n) is 12.3. The van der Waals surface area contributed by atoms with Crippen LogP contribution < -0.4 is 16.1 Å². The second-order valence-electron chi connectivity index (χ2n) is 9.66. The van der Waals surface area contributed by atoms with Crippen LogP contribution >= 0.6 is 11.3 Å². The number of anilines is 1. The molecular weight excluding hydrogens is 464 g/mol. The lowest BCUT2D eigenvalue weighted by molar-refractivity contribution is 0.0885. The van der Waals surface area contributed by atoms with E-state index in [0.717, 1.165) is 48.6 Å². The van der Waals surface area contributed by atoms with Gasteiger partial charge in [0.05, 0.1) is 6.17 Å². The number of hydrogen-bond acceptors (Lipinski definition) is 9. The number of H-pyrrole nitrogens is 1. The monoisotopic (exact) mass is 496 g/mol. The second kappa shape index (κ2) is 9.69. The molecule has 3 unspecified atom stereocenters. The van der Waals surface area contributed by atoms with Gasteiger partial charge in [-0.3, -0.25) is 10.00 Å². The summed E-state index contributed by atoms with van der Waals surface area (Å²) in [6, 6.07) is 2.07. The van der Waals surface area contributed by atoms with Crippen LogP contribution in [0.4, 0.5) is 5.82 Å². The molecular formula is C23H32N10OS. The van der Waals surface area contributed by atoms with E-state index in [9.17, 15) is 0 Å². The van der Waals surface area contributed by atoms with Crippen LogP contribution in [-0.2, 0) is 4.84 Å². The van der Waals surface area contributed by atoms with Crippen molar-refractivity contribution in [2.24, 2.45) is 15.9 Å². The third-order valence-electron chi connectivity index (χ3n) is 6.98. The molecule has 1 aliphatic carbocycles. The molecule has 0 spiro atoms. The summed E-state index contributed by atoms with van der Waals surface area (Å²) < 4.78 is 0. The van der Waals surface area contributed by atoms with Crippen LogP contribution in [0.25, 0.3) is 0 Å². The fraction of sp³-hybridized carbons (Fsp3) is 0.565. The number of hydroxylamine groups is 1. The normalized spacial score (nSPS) is 29.0. The van der Waals surface area contributed by atoms with Gasteiger partial charge in [-0.25, -0.2) is 9.98 Å². The number of amidine groups is 1. The zero-order chi connectivity index (χ0) is 23.8. The molecule has 0 radical (unpaired) electrons. The van der Waals surface area contributed by atoms with E-state index in [0.29, 0.717) is 18.4 Å². The van der Waals surface area contributed by atoms with E-state index in [1.165, 1.54) is 18.5 Å². The largest absolute Gasteiger partial charge is 0.410 e. The zero-order valence-electron chi connectivity index (χ0n) is 20.1. The van der Waals surface area contributed by atoms with Crippen molar-refractivity contribution >= 4 is 28.9 Å². The van der Waals surface area contributed by atoms with Crippen molar-refractivity contribution in [3.63, 3.8) is 0 Å². The molecule has 186 valence electrons. The van der Waals surface area contributed by atoms with Gasteiger partial charge in [0.2, 0.25) is 5.96 Å². The standard InChI is InChI=1S/C23H32N10OS/c1-14-20(26-19-12-17(29-30-19)15-3-4-15)27-23(28-21(14)33-8-6-32(2)7-9-33)25-13-16-11-18(31-34-16)22-24-5-10-35-22/h5,10-12,14-15,18,21,31H,3-4,6-9,13H2,1-2H3,(H3,25,26,27,28,29,30). The summed E-state index contributed by atoms with van der Waals surface area (Å²) in [6.07, 6.45) is 6.40. The lowest BCUT2D eigenvalue weighted by Gasteiger charge is -2.42. The van der Waals surface area contributed by atoms with E-state index in [-0.39, 0.29) is 18.1 Å². The van der Waals surface area contributed by atoms with Crippen molar-refractivity contribution in [1.82, 2.24) is 35.8 Å². The average molecular weight is 497 g/mol. The van der Waals surface area contributed by atoms with Crippen LogP contribution in [-0.4, -0.2) is 82.7 Å². The molecule has 3 aliphatic heterocycles. The molecule has 35 heavy (non-hydrogen) atoms. The third kappa shape index (κ3) is 5.10. The maximum absolute atomic E-state index is 5.66. The maximum Gasteiger partial charge on any atom is 0.221 e. The van der Waals surface area contributed by atoms with E-state index in [1.807, 2.05) is 11.5 Å². The number of likely N-dealkylation sites (N-methyl/N-ethyl adjacent to an activating group) is 1. The minimum absolute atomic E-state index is 0.0383. The van der Waals surface area contributed by atoms with E-state index in [1.54, 1.807) is 17.5 Å². The Morgan fingerprint density at radius 3 is 2.89 bits per heavy atom. The molecule has 0 aromatic carbocycles. The molecule has 11 nitrogen and oxygen atoms in total. The Bertz CT molecular complexity index is 1110. The minimum Gasteiger partial charge on any atom is -0.410 e. The van der Waals surface area contributed by atoms with Crippen molar-refractivity contribution in [3.8, 4) is 0 Å². The molecule has 4 aliphatic rings. The van der Waals surface area contributed by atoms with Gasteiger partial charge in [-0.15, -0.1) is 16.8 Å². The van der Waals surface area contributed by atoms with Gasteiger partial charge in [-0.1, -0.05) is 6.92 Å². The molecule has 2 aromatic rings. The summed E-state index contributed by atoms with van der Waals surface area (Å²) in [5.41, 5.74) is 4.22. The number of piperazine rings is 1. The first-order valence-corrected chi connectivity index (χ1v) is 13.2. The van der Waals surface area contributed by atoms with Crippen molar-refractivity contribution in [1.29, 1.82) is 0 Å². The highest BCUT2D eigenvalue weighted by atomic mass is 32.1. The molecule has 0 bridgehead atoms. The highest BCUT2D eigenvalue weighted by Gasteiger charge is 2.35. The molecule has 5 heterocycles. The number of nitrogens with zero attached hydrogens (tertiary/aromatic N) is 6. The number of thiazole rings is 1. The lowest BCUT2D eigenvalue weighted by atomic mass is 10.0. The maximum atomic E-state index is 5.66. The predicted octanol–water partition coefficient (Wildman–Crippen LogP) is 1.88. The van der Waals surface area contributed by atoms with Gasteiger partial charge in [0.15, 0.2) is 5.82 Å². The summed E-state index contributed by atoms with van der Waals surface area (Å²) in [4.78, 5) is 24.5. The summed E-state index contributed by atoms with van der Waals surface area (Å²) in [5, 5.41) is 17.7. The Balaban J connectivity index is 1.20. The third-order valence-corrected chi connectivity index (χ3v) is 7.84. The van der Waals surface area contributed by atoms with Crippen LogP contribution in [0.1, 0.15) is 42.4 Å². The molecule has 3 atom stereocenters. The number of nitrogens with one attached hydrogen (secondary N) is 4. The van der Waals surface area contributed by atoms with Gasteiger partial charge in [-0.2, -0.15) is 10.1 Å². The Morgan fingerprint density at radius 2 is 2.11 bits per heavy atom. The van der Waals surface area contributed by atoms with Crippen molar-refractivity contribution in [2.45, 2.75) is 37.9 Å². The number of aliphatic imine (C=N–C) groups is 2. The molecule has 12 heteroatoms. The van der Waals surface area contributed by atoms with Crippen LogP contribution in [0.15, 0.2) is 39.5 Å². The first kappa shape index (κ1) is 22.7. The summed E-state index contributed by atoms with van der Waals surface area (Å²) >= 11 is 1.60. The fourth-order valence-corrected chi connectivity index (χ4v) is 5.31. The molecule has 6 rings (SSSR count). The predicted molar refractivity (Wildman–Crippen MR) is 136 cm³/mol. The Kier molecular flexibility index (Phi) is 6.27. The van der Waals surface area contributed by atoms with Crippen LogP contribution in [0, 0.1) is 5.92 Å². The Labute approximate surface area is 208 Å². The molecule has 4 N–H and O–H groups in total. The first-order chi connectivity index (χ1) is 17.1. The summed E-state index contributed by atoms with van der Waals surface area (Å²) in [6.45, 7) is 6.70. The Morgan fingerprint density at radius 1 is 1.26 bits per heavy atom. The van der Waals surface area contributed by atoms with Gasteiger partial charge in [-0.05, 0) is 26.0 Å². The number of aromatic nitrogens is 3. The van der Waals surface area contributed by atoms with Gasteiger partial charge in [0, 0.05) is 61.4 Å². The Hall–Kier alpha value is -2.80. The lowest BCUT2D eigenvalue weighted by Crippen LogP contribution is -2.61. The van der Waals surface area contributed by atoms with E-state index in [2.05, 4.69) is 61.1 Å². The highest BCUT2D eigenvalue weighted by molar-refractivity contribution is 7.09. The zero-order valence-corrected chi connectivity index (χ0v) is 20.9. The van der Waals surface area contributed by atoms with Gasteiger partial charge in [0.1, 0.15) is 29.2 Å². The van der Waals surface area contributed by atoms with E-state index in [4.69, 9.17) is 14.8 Å². The quantitative estimate of drug-likeness (QED) is 0.479. The van der Waals surface area contributed by atoms with Gasteiger partial charge < -0.3 is 20.4 Å². The molecule has 1 saturated carbocycles. The van der Waals surface area contributed by atoms with Gasteiger partial charge >= 0.3 is 0 Å². The summed E-state index contributed by atoms with van der Waals surface area (Å²) in [7, 11) is 2.17. The van der Waals surface area contributed by atoms with Crippen molar-refractivity contribution < 1.29 is 4.84 Å². The molecule has 2 aromatic heterocycles. The van der Waals surface area contributed by atoms with Crippen LogP contribution in [0.2, 0.25) is 0 Å². The number of rotatable bonds is 6. The SMILES string of the molecule is CC1C(Nc2cc(C3CC3)[nH]n2)=NC(=NCC2=CC(c3nccs3)NO2)NC1N1CCN(C)CC1. The second-order valence-corrected chi connectivity index (χ2v) is 10.6. The minimum atomic E-state index is -0.0383. The topological polar surface area (TPSA) is 118 Å². The average Bonchev–Trinajstić information content (AvgIpc) is 3.25. The number of guanidine groups is 1. The highest BCUT2D eigenvalue weighted by Crippen LogP contribution is 2.39. The van der Waals surface area contributed by atoms with Crippen LogP contribution in [0.3, 0.4) is 0 Å². The van der Waals surface area contributed by atoms with Crippen molar-refractivity contribution in [3.05, 3.63) is 40.2 Å². The van der Waals surface area contributed by atoms with E-state index >= 15 is 0 Å². The van der Waals surface area contributed by atoms with E-state index < -0.39 is 0 Å². The fourth-order valence-electron chi connectivity index (χ4n) is 4.66. The van der Waals surface area contributed by atoms with Crippen molar-refractivity contribution in [2.75, 3.05) is 45.1 Å². The van der Waals surface area contributed by atoms with Crippen LogP contribution in [0.5, 0.6) is 0 Å². The molecule has 1 saturated heterocycles. The number of hydrogen-bond donors (Lipinski definition) is 4.